The average Bonchev–Trinajstić information content (AvgIpc) is 2.31. The van der Waals surface area contributed by atoms with Crippen molar-refractivity contribution in [3.8, 4) is 11.8 Å². The highest BCUT2D eigenvalue weighted by molar-refractivity contribution is 5.85. The largest absolute Gasteiger partial charge is 0.489 e. The molecule has 88 valence electrons. The Labute approximate surface area is 99.8 Å². The van der Waals surface area contributed by atoms with Gasteiger partial charge in [0.1, 0.15) is 12.4 Å². The summed E-state index contributed by atoms with van der Waals surface area (Å²) in [5.74, 6) is -0.366. The summed E-state index contributed by atoms with van der Waals surface area (Å²) in [6.07, 6.45) is 1.49. The van der Waals surface area contributed by atoms with Crippen LogP contribution in [0.4, 0.5) is 0 Å². The van der Waals surface area contributed by atoms with Gasteiger partial charge in [0.2, 0.25) is 0 Å². The molecule has 0 spiro atoms. The minimum absolute atomic E-state index is 0.174. The summed E-state index contributed by atoms with van der Waals surface area (Å²) in [5.41, 5.74) is 1.66. The first-order chi connectivity index (χ1) is 8.04. The second-order valence-corrected chi connectivity index (χ2v) is 3.60. The van der Waals surface area contributed by atoms with Crippen LogP contribution in [0.25, 0.3) is 0 Å². The molecule has 0 heterocycles. The van der Waals surface area contributed by atoms with Crippen LogP contribution in [-0.4, -0.2) is 17.7 Å². The molecular formula is C13H13NO3. The SMILES string of the molecule is C/C(=C/COc1cc(C#N)ccc1C)C(=O)O. The summed E-state index contributed by atoms with van der Waals surface area (Å²) >= 11 is 0. The zero-order valence-corrected chi connectivity index (χ0v) is 9.73. The molecule has 1 N–H and O–H groups in total. The van der Waals surface area contributed by atoms with Gasteiger partial charge in [-0.15, -0.1) is 0 Å². The smallest absolute Gasteiger partial charge is 0.331 e. The number of hydrogen-bond donors (Lipinski definition) is 1. The van der Waals surface area contributed by atoms with E-state index in [-0.39, 0.29) is 12.2 Å². The lowest BCUT2D eigenvalue weighted by molar-refractivity contribution is -0.132. The minimum atomic E-state index is -0.962. The molecule has 0 aliphatic carbocycles. The third-order valence-corrected chi connectivity index (χ3v) is 2.28. The van der Waals surface area contributed by atoms with Gasteiger partial charge in [-0.1, -0.05) is 6.07 Å². The van der Waals surface area contributed by atoms with Gasteiger partial charge in [-0.05, 0) is 37.6 Å². The van der Waals surface area contributed by atoms with Crippen molar-refractivity contribution in [2.24, 2.45) is 0 Å². The Balaban J connectivity index is 2.73. The minimum Gasteiger partial charge on any atom is -0.489 e. The molecule has 0 aliphatic rings. The zero-order chi connectivity index (χ0) is 12.8. The van der Waals surface area contributed by atoms with E-state index in [2.05, 4.69) is 0 Å². The van der Waals surface area contributed by atoms with E-state index in [1.54, 1.807) is 18.2 Å². The number of nitriles is 1. The molecule has 0 unspecified atom stereocenters. The lowest BCUT2D eigenvalue weighted by Gasteiger charge is -2.07. The number of benzene rings is 1. The maximum atomic E-state index is 10.5. The van der Waals surface area contributed by atoms with Crippen LogP contribution in [0.3, 0.4) is 0 Å². The molecule has 1 aromatic carbocycles. The van der Waals surface area contributed by atoms with E-state index in [1.807, 2.05) is 13.0 Å². The average molecular weight is 231 g/mol. The van der Waals surface area contributed by atoms with Crippen LogP contribution in [0.5, 0.6) is 5.75 Å². The van der Waals surface area contributed by atoms with Crippen molar-refractivity contribution in [2.75, 3.05) is 6.61 Å². The van der Waals surface area contributed by atoms with E-state index < -0.39 is 5.97 Å². The number of rotatable bonds is 4. The zero-order valence-electron chi connectivity index (χ0n) is 9.73. The molecule has 0 saturated carbocycles. The van der Waals surface area contributed by atoms with Gasteiger partial charge in [0.05, 0.1) is 11.6 Å². The van der Waals surface area contributed by atoms with Gasteiger partial charge in [-0.2, -0.15) is 5.26 Å². The van der Waals surface area contributed by atoms with E-state index in [0.29, 0.717) is 11.3 Å². The van der Waals surface area contributed by atoms with Crippen molar-refractivity contribution >= 4 is 5.97 Å². The number of carbonyl (C=O) groups is 1. The molecule has 0 bridgehead atoms. The van der Waals surface area contributed by atoms with E-state index in [1.165, 1.54) is 13.0 Å². The predicted molar refractivity (Wildman–Crippen MR) is 62.8 cm³/mol. The van der Waals surface area contributed by atoms with E-state index in [4.69, 9.17) is 15.1 Å². The van der Waals surface area contributed by atoms with Gasteiger partial charge in [0, 0.05) is 5.57 Å². The van der Waals surface area contributed by atoms with E-state index in [9.17, 15) is 4.79 Å². The number of carboxylic acid groups (broad SMARTS) is 1. The molecule has 4 nitrogen and oxygen atoms in total. The van der Waals surface area contributed by atoms with Gasteiger partial charge in [0.25, 0.3) is 0 Å². The monoisotopic (exact) mass is 231 g/mol. The summed E-state index contributed by atoms with van der Waals surface area (Å²) in [6.45, 7) is 3.54. The molecule has 0 fully saturated rings. The van der Waals surface area contributed by atoms with Crippen molar-refractivity contribution in [1.29, 1.82) is 5.26 Å². The number of aryl methyl sites for hydroxylation is 1. The van der Waals surface area contributed by atoms with Gasteiger partial charge in [-0.3, -0.25) is 0 Å². The third kappa shape index (κ3) is 3.65. The van der Waals surface area contributed by atoms with Crippen LogP contribution in [0.1, 0.15) is 18.1 Å². The number of ether oxygens (including phenoxy) is 1. The first kappa shape index (κ1) is 12.8. The Morgan fingerprint density at radius 2 is 2.29 bits per heavy atom. The molecule has 1 rings (SSSR count). The highest BCUT2D eigenvalue weighted by Crippen LogP contribution is 2.19. The Bertz CT molecular complexity index is 498. The molecule has 0 atom stereocenters. The maximum absolute atomic E-state index is 10.5. The fraction of sp³-hybridized carbons (Fsp3) is 0.231. The van der Waals surface area contributed by atoms with Crippen LogP contribution >= 0.6 is 0 Å². The molecule has 4 heteroatoms. The highest BCUT2D eigenvalue weighted by Gasteiger charge is 2.02. The summed E-state index contributed by atoms with van der Waals surface area (Å²) in [7, 11) is 0. The van der Waals surface area contributed by atoms with Gasteiger partial charge >= 0.3 is 5.97 Å². The second kappa shape index (κ2) is 5.71. The Hall–Kier alpha value is -2.28. The van der Waals surface area contributed by atoms with Crippen LogP contribution < -0.4 is 4.74 Å². The number of carboxylic acids is 1. The molecule has 0 saturated heterocycles. The van der Waals surface area contributed by atoms with E-state index in [0.717, 1.165) is 5.56 Å². The van der Waals surface area contributed by atoms with Gasteiger partial charge in [0.15, 0.2) is 0 Å². The summed E-state index contributed by atoms with van der Waals surface area (Å²) in [4.78, 5) is 10.5. The second-order valence-electron chi connectivity index (χ2n) is 3.60. The van der Waals surface area contributed by atoms with Crippen LogP contribution in [-0.2, 0) is 4.79 Å². The number of hydrogen-bond acceptors (Lipinski definition) is 3. The summed E-state index contributed by atoms with van der Waals surface area (Å²) in [5, 5.41) is 17.4. The third-order valence-electron chi connectivity index (χ3n) is 2.28. The lowest BCUT2D eigenvalue weighted by atomic mass is 10.1. The van der Waals surface area contributed by atoms with Gasteiger partial charge < -0.3 is 9.84 Å². The highest BCUT2D eigenvalue weighted by atomic mass is 16.5. The number of nitrogens with zero attached hydrogens (tertiary/aromatic N) is 1. The molecule has 0 aliphatic heterocycles. The Kier molecular flexibility index (Phi) is 4.29. The fourth-order valence-corrected chi connectivity index (χ4v) is 1.17. The quantitative estimate of drug-likeness (QED) is 0.807. The van der Waals surface area contributed by atoms with Crippen LogP contribution in [0.15, 0.2) is 29.8 Å². The molecule has 1 aromatic rings. The molecule has 0 aromatic heterocycles. The van der Waals surface area contributed by atoms with Crippen molar-refractivity contribution in [3.05, 3.63) is 41.0 Å². The van der Waals surface area contributed by atoms with Crippen molar-refractivity contribution < 1.29 is 14.6 Å². The Morgan fingerprint density at radius 1 is 1.59 bits per heavy atom. The van der Waals surface area contributed by atoms with Crippen LogP contribution in [0.2, 0.25) is 0 Å². The van der Waals surface area contributed by atoms with E-state index >= 15 is 0 Å². The van der Waals surface area contributed by atoms with Crippen LogP contribution in [0, 0.1) is 18.3 Å². The molecule has 0 amide bonds. The molecule has 0 radical (unpaired) electrons. The standard InChI is InChI=1S/C13H13NO3/c1-9-3-4-11(8-14)7-12(9)17-6-5-10(2)13(15)16/h3-5,7H,6H2,1-2H3,(H,15,16)/b10-5-. The predicted octanol–water partition coefficient (Wildman–Crippen LogP) is 2.28. The first-order valence-corrected chi connectivity index (χ1v) is 5.08. The lowest BCUT2D eigenvalue weighted by Crippen LogP contribution is -2.01. The fourth-order valence-electron chi connectivity index (χ4n) is 1.17. The molecule has 17 heavy (non-hydrogen) atoms. The summed E-state index contributed by atoms with van der Waals surface area (Å²) < 4.78 is 5.41. The topological polar surface area (TPSA) is 70.3 Å². The maximum Gasteiger partial charge on any atom is 0.331 e. The summed E-state index contributed by atoms with van der Waals surface area (Å²) in [6, 6.07) is 7.16. The molecular weight excluding hydrogens is 218 g/mol. The Morgan fingerprint density at radius 3 is 2.88 bits per heavy atom. The van der Waals surface area contributed by atoms with Crippen molar-refractivity contribution in [2.45, 2.75) is 13.8 Å². The van der Waals surface area contributed by atoms with Crippen molar-refractivity contribution in [1.82, 2.24) is 0 Å². The van der Waals surface area contributed by atoms with Crippen molar-refractivity contribution in [3.63, 3.8) is 0 Å². The van der Waals surface area contributed by atoms with Gasteiger partial charge in [-0.25, -0.2) is 4.79 Å². The first-order valence-electron chi connectivity index (χ1n) is 5.08. The number of aliphatic carboxylic acids is 1. The normalized spacial score (nSPS) is 10.8.